The number of aliphatic hydroxyl groups is 2. The molecule has 1 fully saturated rings. The van der Waals surface area contributed by atoms with Crippen molar-refractivity contribution in [2.75, 3.05) is 26.3 Å². The SMILES string of the molecule is O=C1C=C[C@@]2(O)OCCN(CCO)C2=C1. The number of hydrogen-bond acceptors (Lipinski definition) is 5. The summed E-state index contributed by atoms with van der Waals surface area (Å²) < 4.78 is 5.22. The number of allylic oxidation sites excluding steroid dienone is 2. The number of rotatable bonds is 2. The first-order valence-corrected chi connectivity index (χ1v) is 4.83. The van der Waals surface area contributed by atoms with Gasteiger partial charge in [0.2, 0.25) is 5.79 Å². The molecule has 0 aromatic rings. The summed E-state index contributed by atoms with van der Waals surface area (Å²) in [4.78, 5) is 12.9. The third kappa shape index (κ3) is 1.81. The molecule has 15 heavy (non-hydrogen) atoms. The van der Waals surface area contributed by atoms with Crippen LogP contribution in [0.15, 0.2) is 23.9 Å². The quantitative estimate of drug-likeness (QED) is 0.614. The molecule has 2 aliphatic rings. The zero-order valence-corrected chi connectivity index (χ0v) is 8.22. The Bertz CT molecular complexity index is 334. The van der Waals surface area contributed by atoms with Gasteiger partial charge in [0.15, 0.2) is 5.78 Å². The number of ketones is 1. The molecule has 0 aromatic heterocycles. The average Bonchev–Trinajstić information content (AvgIpc) is 2.21. The molecule has 1 aliphatic carbocycles. The number of carbonyl (C=O) groups excluding carboxylic acids is 1. The standard InChI is InChI=1S/C10H13NO4/c12-5-3-11-4-6-15-10(14)2-1-8(13)7-9(10)11/h1-2,7,12,14H,3-6H2/t10-/m1/s1. The molecule has 5 nitrogen and oxygen atoms in total. The van der Waals surface area contributed by atoms with Gasteiger partial charge in [0.1, 0.15) is 0 Å². The molecule has 1 aliphatic heterocycles. The second kappa shape index (κ2) is 3.77. The largest absolute Gasteiger partial charge is 0.395 e. The van der Waals surface area contributed by atoms with Crippen molar-refractivity contribution in [1.29, 1.82) is 0 Å². The number of carbonyl (C=O) groups is 1. The van der Waals surface area contributed by atoms with E-state index in [1.54, 1.807) is 4.90 Å². The third-order valence-corrected chi connectivity index (χ3v) is 2.51. The van der Waals surface area contributed by atoms with E-state index in [9.17, 15) is 9.90 Å². The minimum atomic E-state index is -1.50. The molecule has 1 saturated heterocycles. The van der Waals surface area contributed by atoms with Crippen molar-refractivity contribution in [2.24, 2.45) is 0 Å². The van der Waals surface area contributed by atoms with E-state index in [1.165, 1.54) is 18.2 Å². The Morgan fingerprint density at radius 3 is 3.13 bits per heavy atom. The summed E-state index contributed by atoms with van der Waals surface area (Å²) in [5.74, 6) is -1.68. The van der Waals surface area contributed by atoms with Crippen LogP contribution < -0.4 is 0 Å². The molecule has 0 bridgehead atoms. The molecule has 82 valence electrons. The first-order chi connectivity index (χ1) is 7.15. The van der Waals surface area contributed by atoms with Gasteiger partial charge < -0.3 is 19.8 Å². The molecule has 0 amide bonds. The van der Waals surface area contributed by atoms with Crippen LogP contribution in [0.2, 0.25) is 0 Å². The number of fused-ring (bicyclic) bond motifs is 1. The first kappa shape index (κ1) is 10.4. The monoisotopic (exact) mass is 211 g/mol. The maximum atomic E-state index is 11.2. The molecule has 5 heteroatoms. The van der Waals surface area contributed by atoms with Crippen molar-refractivity contribution in [2.45, 2.75) is 5.79 Å². The third-order valence-electron chi connectivity index (χ3n) is 2.51. The zero-order chi connectivity index (χ0) is 10.9. The summed E-state index contributed by atoms with van der Waals surface area (Å²) in [6, 6.07) is 0. The van der Waals surface area contributed by atoms with Crippen molar-refractivity contribution in [3.8, 4) is 0 Å². The van der Waals surface area contributed by atoms with Crippen molar-refractivity contribution in [1.82, 2.24) is 4.90 Å². The summed E-state index contributed by atoms with van der Waals surface area (Å²) in [5.41, 5.74) is 0.412. The fourth-order valence-electron chi connectivity index (χ4n) is 1.79. The van der Waals surface area contributed by atoms with Crippen LogP contribution in [0, 0.1) is 0 Å². The predicted molar refractivity (Wildman–Crippen MR) is 51.8 cm³/mol. The molecule has 1 atom stereocenters. The normalized spacial score (nSPS) is 30.1. The van der Waals surface area contributed by atoms with Gasteiger partial charge in [-0.15, -0.1) is 0 Å². The Hall–Kier alpha value is -1.17. The van der Waals surface area contributed by atoms with E-state index in [2.05, 4.69) is 0 Å². The molecular weight excluding hydrogens is 198 g/mol. The summed E-state index contributed by atoms with van der Waals surface area (Å²) in [6.45, 7) is 1.30. The number of morpholine rings is 1. The maximum Gasteiger partial charge on any atom is 0.228 e. The van der Waals surface area contributed by atoms with Gasteiger partial charge in [0, 0.05) is 19.2 Å². The molecule has 0 radical (unpaired) electrons. The molecule has 2 N–H and O–H groups in total. The summed E-state index contributed by atoms with van der Waals surface area (Å²) in [6.07, 6.45) is 3.97. The van der Waals surface area contributed by atoms with Crippen molar-refractivity contribution in [3.63, 3.8) is 0 Å². The van der Waals surface area contributed by atoms with Crippen LogP contribution in [0.1, 0.15) is 0 Å². The smallest absolute Gasteiger partial charge is 0.228 e. The first-order valence-electron chi connectivity index (χ1n) is 4.83. The minimum absolute atomic E-state index is 0.0225. The van der Waals surface area contributed by atoms with Crippen LogP contribution in [0.25, 0.3) is 0 Å². The molecule has 0 unspecified atom stereocenters. The molecule has 0 aromatic carbocycles. The fraction of sp³-hybridized carbons (Fsp3) is 0.500. The second-order valence-corrected chi connectivity index (χ2v) is 3.52. The maximum absolute atomic E-state index is 11.2. The van der Waals surface area contributed by atoms with Gasteiger partial charge in [-0.05, 0) is 12.2 Å². The van der Waals surface area contributed by atoms with E-state index in [0.29, 0.717) is 25.4 Å². The van der Waals surface area contributed by atoms with Crippen LogP contribution >= 0.6 is 0 Å². The average molecular weight is 211 g/mol. The van der Waals surface area contributed by atoms with E-state index in [4.69, 9.17) is 9.84 Å². The van der Waals surface area contributed by atoms with Crippen LogP contribution in [-0.2, 0) is 9.53 Å². The van der Waals surface area contributed by atoms with Crippen LogP contribution in [0.5, 0.6) is 0 Å². The number of nitrogens with zero attached hydrogens (tertiary/aromatic N) is 1. The van der Waals surface area contributed by atoms with E-state index in [-0.39, 0.29) is 12.4 Å². The van der Waals surface area contributed by atoms with Gasteiger partial charge in [-0.25, -0.2) is 0 Å². The summed E-state index contributed by atoms with van der Waals surface area (Å²) in [7, 11) is 0. The van der Waals surface area contributed by atoms with Crippen molar-refractivity contribution >= 4 is 5.78 Å². The lowest BCUT2D eigenvalue weighted by Gasteiger charge is -2.41. The zero-order valence-electron chi connectivity index (χ0n) is 8.22. The van der Waals surface area contributed by atoms with E-state index < -0.39 is 5.79 Å². The van der Waals surface area contributed by atoms with Gasteiger partial charge in [-0.1, -0.05) is 0 Å². The highest BCUT2D eigenvalue weighted by atomic mass is 16.6. The van der Waals surface area contributed by atoms with E-state index in [0.717, 1.165) is 0 Å². The molecular formula is C10H13NO4. The number of hydrogen-bond donors (Lipinski definition) is 2. The lowest BCUT2D eigenvalue weighted by atomic mass is 10.0. The van der Waals surface area contributed by atoms with Gasteiger partial charge in [0.05, 0.1) is 18.9 Å². The highest BCUT2D eigenvalue weighted by Gasteiger charge is 2.39. The second-order valence-electron chi connectivity index (χ2n) is 3.52. The Balaban J connectivity index is 2.28. The highest BCUT2D eigenvalue weighted by molar-refractivity contribution is 6.01. The summed E-state index contributed by atoms with van der Waals surface area (Å²) in [5, 5.41) is 18.9. The van der Waals surface area contributed by atoms with Gasteiger partial charge >= 0.3 is 0 Å². The van der Waals surface area contributed by atoms with E-state index in [1.807, 2.05) is 0 Å². The highest BCUT2D eigenvalue weighted by Crippen LogP contribution is 2.30. The number of β-amino-alcohol motifs (C(OH)–C–C–N with tert-alkyl or cyclic N) is 1. The van der Waals surface area contributed by atoms with Crippen molar-refractivity contribution in [3.05, 3.63) is 23.9 Å². The van der Waals surface area contributed by atoms with Gasteiger partial charge in [-0.3, -0.25) is 4.79 Å². The number of ether oxygens (including phenoxy) is 1. The Morgan fingerprint density at radius 2 is 2.40 bits per heavy atom. The topological polar surface area (TPSA) is 70.0 Å². The lowest BCUT2D eigenvalue weighted by Crippen LogP contribution is -2.50. The van der Waals surface area contributed by atoms with Crippen LogP contribution in [0.4, 0.5) is 0 Å². The molecule has 2 rings (SSSR count). The Kier molecular flexibility index (Phi) is 2.60. The predicted octanol–water partition coefficient (Wildman–Crippen LogP) is -0.978. The van der Waals surface area contributed by atoms with Crippen molar-refractivity contribution < 1.29 is 19.7 Å². The van der Waals surface area contributed by atoms with Crippen LogP contribution in [0.3, 0.4) is 0 Å². The minimum Gasteiger partial charge on any atom is -0.395 e. The molecule has 0 saturated carbocycles. The summed E-state index contributed by atoms with van der Waals surface area (Å²) >= 11 is 0. The van der Waals surface area contributed by atoms with E-state index >= 15 is 0 Å². The molecule has 1 heterocycles. The molecule has 0 spiro atoms. The van der Waals surface area contributed by atoms with Gasteiger partial charge in [-0.2, -0.15) is 0 Å². The van der Waals surface area contributed by atoms with Crippen LogP contribution in [-0.4, -0.2) is 53.0 Å². The Labute approximate surface area is 87.3 Å². The fourth-order valence-corrected chi connectivity index (χ4v) is 1.79. The van der Waals surface area contributed by atoms with Gasteiger partial charge in [0.25, 0.3) is 0 Å². The Morgan fingerprint density at radius 1 is 1.60 bits per heavy atom. The lowest BCUT2D eigenvalue weighted by molar-refractivity contribution is -0.178. The number of aliphatic hydroxyl groups excluding tert-OH is 1.